The first kappa shape index (κ1) is 25.9. The lowest BCUT2D eigenvalue weighted by molar-refractivity contribution is -0.274. The lowest BCUT2D eigenvalue weighted by Gasteiger charge is -2.16. The van der Waals surface area contributed by atoms with E-state index in [0.717, 1.165) is 46.0 Å². The van der Waals surface area contributed by atoms with Gasteiger partial charge >= 0.3 is 6.36 Å². The predicted molar refractivity (Wildman–Crippen MR) is 135 cm³/mol. The van der Waals surface area contributed by atoms with Crippen LogP contribution in [0.25, 0.3) is 21.9 Å². The summed E-state index contributed by atoms with van der Waals surface area (Å²) in [5.41, 5.74) is 4.08. The molecule has 0 saturated carbocycles. The van der Waals surface area contributed by atoms with E-state index < -0.39 is 6.36 Å². The Bertz CT molecular complexity index is 1240. The van der Waals surface area contributed by atoms with Crippen LogP contribution in [0.1, 0.15) is 24.1 Å². The molecule has 1 N–H and O–H groups in total. The van der Waals surface area contributed by atoms with Crippen LogP contribution >= 0.6 is 24.0 Å². The molecule has 0 fully saturated rings. The highest BCUT2D eigenvalue weighted by atomic mass is 35.5. The third kappa shape index (κ3) is 6.66. The molecular weight excluding hydrogens is 482 g/mol. The highest BCUT2D eigenvalue weighted by Gasteiger charge is 2.31. The molecule has 0 saturated heterocycles. The average Bonchev–Trinajstić information content (AvgIpc) is 2.78. The third-order valence-corrected chi connectivity index (χ3v) is 5.77. The summed E-state index contributed by atoms with van der Waals surface area (Å²) in [6.07, 6.45) is -3.90. The van der Waals surface area contributed by atoms with Crippen LogP contribution in [0.5, 0.6) is 5.75 Å². The predicted octanol–water partition coefficient (Wildman–Crippen LogP) is 8.37. The minimum absolute atomic E-state index is 0. The summed E-state index contributed by atoms with van der Waals surface area (Å²) in [5.74, 6) is -0.231. The molecule has 4 rings (SSSR count). The van der Waals surface area contributed by atoms with Crippen molar-refractivity contribution in [2.24, 2.45) is 0 Å². The Balaban J connectivity index is 0.00000324. The Morgan fingerprint density at radius 1 is 0.912 bits per heavy atom. The van der Waals surface area contributed by atoms with Crippen LogP contribution in [0.2, 0.25) is 5.02 Å². The molecule has 178 valence electrons. The van der Waals surface area contributed by atoms with Crippen molar-refractivity contribution < 1.29 is 17.9 Å². The molecule has 4 aromatic rings. The normalized spacial score (nSPS) is 12.3. The Morgan fingerprint density at radius 3 is 2.35 bits per heavy atom. The number of hydrogen-bond donors (Lipinski definition) is 1. The Hall–Kier alpha value is -2.73. The Morgan fingerprint density at radius 2 is 1.65 bits per heavy atom. The smallest absolute Gasteiger partial charge is 0.406 e. The van der Waals surface area contributed by atoms with Gasteiger partial charge in [-0.1, -0.05) is 72.3 Å². The van der Waals surface area contributed by atoms with Gasteiger partial charge in [-0.05, 0) is 77.2 Å². The van der Waals surface area contributed by atoms with Crippen LogP contribution in [0.4, 0.5) is 13.2 Å². The number of nitrogens with one attached hydrogen (secondary N) is 1. The number of ether oxygens (including phenoxy) is 1. The minimum Gasteiger partial charge on any atom is -0.406 e. The number of fused-ring (bicyclic) bond motifs is 1. The van der Waals surface area contributed by atoms with E-state index in [4.69, 9.17) is 11.6 Å². The Labute approximate surface area is 208 Å². The molecule has 1 atom stereocenters. The van der Waals surface area contributed by atoms with Crippen molar-refractivity contribution in [3.8, 4) is 16.9 Å². The quantitative estimate of drug-likeness (QED) is 0.272. The van der Waals surface area contributed by atoms with E-state index in [1.807, 2.05) is 48.5 Å². The van der Waals surface area contributed by atoms with E-state index in [9.17, 15) is 13.2 Å². The van der Waals surface area contributed by atoms with Crippen LogP contribution < -0.4 is 10.1 Å². The molecule has 0 aliphatic carbocycles. The van der Waals surface area contributed by atoms with E-state index >= 15 is 0 Å². The van der Waals surface area contributed by atoms with Gasteiger partial charge in [0, 0.05) is 11.1 Å². The van der Waals surface area contributed by atoms with Crippen LogP contribution in [0.15, 0.2) is 84.9 Å². The zero-order chi connectivity index (χ0) is 23.4. The van der Waals surface area contributed by atoms with Crippen LogP contribution in [0, 0.1) is 0 Å². The van der Waals surface area contributed by atoms with Crippen molar-refractivity contribution in [2.45, 2.75) is 25.7 Å². The number of alkyl halides is 3. The Kier molecular flexibility index (Phi) is 8.47. The fraction of sp³-hybridized carbons (Fsp3) is 0.185. The van der Waals surface area contributed by atoms with Gasteiger partial charge in [-0.2, -0.15) is 0 Å². The SMILES string of the molecule is CC(NCCc1cc(-c2ccc(OC(F)(F)F)cc2)c2ccccc2c1)c1cccc(Cl)c1.Cl. The molecule has 0 aliphatic rings. The lowest BCUT2D eigenvalue weighted by atomic mass is 9.94. The zero-order valence-electron chi connectivity index (χ0n) is 18.4. The summed E-state index contributed by atoms with van der Waals surface area (Å²) in [6.45, 7) is 2.87. The molecule has 0 heterocycles. The molecule has 0 spiro atoms. The molecular formula is C27H24Cl2F3NO. The molecule has 2 nitrogen and oxygen atoms in total. The van der Waals surface area contributed by atoms with Crippen LogP contribution in [-0.4, -0.2) is 12.9 Å². The maximum atomic E-state index is 12.5. The van der Waals surface area contributed by atoms with Gasteiger partial charge in [0.25, 0.3) is 0 Å². The summed E-state index contributed by atoms with van der Waals surface area (Å²) in [7, 11) is 0. The van der Waals surface area contributed by atoms with Crippen molar-refractivity contribution in [1.82, 2.24) is 5.32 Å². The van der Waals surface area contributed by atoms with E-state index in [1.54, 1.807) is 12.1 Å². The van der Waals surface area contributed by atoms with Gasteiger partial charge in [0.2, 0.25) is 0 Å². The average molecular weight is 506 g/mol. The highest BCUT2D eigenvalue weighted by Crippen LogP contribution is 2.32. The van der Waals surface area contributed by atoms with Gasteiger partial charge < -0.3 is 10.1 Å². The molecule has 4 aromatic carbocycles. The van der Waals surface area contributed by atoms with Crippen LogP contribution in [-0.2, 0) is 6.42 Å². The molecule has 0 bridgehead atoms. The highest BCUT2D eigenvalue weighted by molar-refractivity contribution is 6.30. The topological polar surface area (TPSA) is 21.3 Å². The number of halogens is 5. The first-order chi connectivity index (χ1) is 15.8. The minimum atomic E-state index is -4.71. The molecule has 0 amide bonds. The number of hydrogen-bond acceptors (Lipinski definition) is 2. The number of benzene rings is 4. The first-order valence-corrected chi connectivity index (χ1v) is 11.0. The standard InChI is InChI=1S/C27H23ClF3NO.ClH/c1-18(21-6-4-7-23(28)17-21)32-14-13-19-15-22-5-2-3-8-25(22)26(16-19)20-9-11-24(12-10-20)33-27(29,30)31;/h2-12,15-18,32H,13-14H2,1H3;1H. The summed E-state index contributed by atoms with van der Waals surface area (Å²) in [4.78, 5) is 0. The van der Waals surface area contributed by atoms with Gasteiger partial charge in [0.1, 0.15) is 5.75 Å². The van der Waals surface area contributed by atoms with Crippen molar-refractivity contribution in [1.29, 1.82) is 0 Å². The summed E-state index contributed by atoms with van der Waals surface area (Å²) in [6, 6.07) is 26.2. The summed E-state index contributed by atoms with van der Waals surface area (Å²) in [5, 5.41) is 6.38. The second kappa shape index (κ2) is 11.1. The van der Waals surface area contributed by atoms with Gasteiger partial charge in [-0.25, -0.2) is 0 Å². The van der Waals surface area contributed by atoms with Gasteiger partial charge in [-0.3, -0.25) is 0 Å². The maximum Gasteiger partial charge on any atom is 0.573 e. The van der Waals surface area contributed by atoms with E-state index in [0.29, 0.717) is 5.02 Å². The molecule has 0 radical (unpaired) electrons. The fourth-order valence-electron chi connectivity index (χ4n) is 3.92. The summed E-state index contributed by atoms with van der Waals surface area (Å²) >= 11 is 6.10. The maximum absolute atomic E-state index is 12.5. The molecule has 0 aliphatic heterocycles. The van der Waals surface area contributed by atoms with Gasteiger partial charge in [0.15, 0.2) is 0 Å². The van der Waals surface area contributed by atoms with E-state index in [-0.39, 0.29) is 24.2 Å². The first-order valence-electron chi connectivity index (χ1n) is 10.7. The van der Waals surface area contributed by atoms with Crippen LogP contribution in [0.3, 0.4) is 0 Å². The fourth-order valence-corrected chi connectivity index (χ4v) is 4.12. The largest absolute Gasteiger partial charge is 0.573 e. The monoisotopic (exact) mass is 505 g/mol. The zero-order valence-corrected chi connectivity index (χ0v) is 20.0. The number of rotatable bonds is 7. The lowest BCUT2D eigenvalue weighted by Crippen LogP contribution is -2.21. The second-order valence-electron chi connectivity index (χ2n) is 7.92. The second-order valence-corrected chi connectivity index (χ2v) is 8.35. The molecule has 7 heteroatoms. The molecule has 34 heavy (non-hydrogen) atoms. The van der Waals surface area contributed by atoms with Crippen molar-refractivity contribution in [3.63, 3.8) is 0 Å². The van der Waals surface area contributed by atoms with Crippen molar-refractivity contribution in [2.75, 3.05) is 6.54 Å². The van der Waals surface area contributed by atoms with E-state index in [2.05, 4.69) is 29.1 Å². The van der Waals surface area contributed by atoms with Crippen molar-refractivity contribution in [3.05, 3.63) is 101 Å². The van der Waals surface area contributed by atoms with Gasteiger partial charge in [0.05, 0.1) is 0 Å². The van der Waals surface area contributed by atoms with Gasteiger partial charge in [-0.15, -0.1) is 25.6 Å². The molecule has 0 aromatic heterocycles. The summed E-state index contributed by atoms with van der Waals surface area (Å²) < 4.78 is 41.5. The molecule has 1 unspecified atom stereocenters. The third-order valence-electron chi connectivity index (χ3n) is 5.53. The van der Waals surface area contributed by atoms with Crippen molar-refractivity contribution >= 4 is 34.8 Å². The van der Waals surface area contributed by atoms with E-state index in [1.165, 1.54) is 12.1 Å².